The van der Waals surface area contributed by atoms with Crippen LogP contribution in [0.3, 0.4) is 0 Å². The van der Waals surface area contributed by atoms with E-state index in [2.05, 4.69) is 10.2 Å². The average molecular weight is 334 g/mol. The summed E-state index contributed by atoms with van der Waals surface area (Å²) in [6.45, 7) is 0. The zero-order valence-corrected chi connectivity index (χ0v) is 12.6. The van der Waals surface area contributed by atoms with Gasteiger partial charge in [-0.1, -0.05) is 6.07 Å². The number of aromatic nitrogens is 1. The molecule has 2 aromatic rings. The number of nitroso groups, excluding NO2 is 1. The fourth-order valence-corrected chi connectivity index (χ4v) is 2.79. The molecule has 2 N–H and O–H groups in total. The largest absolute Gasteiger partial charge is 0.506 e. The number of phenols is 2. The Bertz CT molecular complexity index is 1150. The molecule has 0 fully saturated rings. The van der Waals surface area contributed by atoms with Crippen LogP contribution in [0.1, 0.15) is 0 Å². The van der Waals surface area contributed by atoms with Crippen molar-refractivity contribution < 1.29 is 14.6 Å². The average Bonchev–Trinajstić information content (AvgIpc) is 2.62. The SMILES string of the molecule is O=Nc1cc2oc3cc(=O)c(O)cc-3c(-c3ccccn3)c2cc1O. The first-order valence-corrected chi connectivity index (χ1v) is 7.30. The van der Waals surface area contributed by atoms with Gasteiger partial charge < -0.3 is 14.6 Å². The Hall–Kier alpha value is -3.74. The van der Waals surface area contributed by atoms with E-state index in [1.54, 1.807) is 24.4 Å². The standard InChI is InChI=1S/C18H10N2O5/c21-13-5-9-16(7-12(13)20-24)25-17-8-15(23)14(22)6-10(17)18(9)11-3-1-2-4-19-11/h1-8,21-22H. The fourth-order valence-electron chi connectivity index (χ4n) is 2.79. The third-order valence-corrected chi connectivity index (χ3v) is 3.92. The number of pyridine rings is 1. The number of hydrogen-bond acceptors (Lipinski definition) is 7. The number of phenolic OH excluding ortho intramolecular Hbond substituents is 2. The molecule has 0 radical (unpaired) electrons. The van der Waals surface area contributed by atoms with E-state index in [9.17, 15) is 19.9 Å². The van der Waals surface area contributed by atoms with Crippen LogP contribution in [0.5, 0.6) is 11.5 Å². The van der Waals surface area contributed by atoms with E-state index in [-0.39, 0.29) is 22.8 Å². The lowest BCUT2D eigenvalue weighted by molar-refractivity contribution is 0.469. The molecule has 1 aliphatic carbocycles. The van der Waals surface area contributed by atoms with Gasteiger partial charge in [0.25, 0.3) is 0 Å². The smallest absolute Gasteiger partial charge is 0.223 e. The highest BCUT2D eigenvalue weighted by Gasteiger charge is 2.21. The minimum absolute atomic E-state index is 0.177. The Balaban J connectivity index is 2.24. The Kier molecular flexibility index (Phi) is 3.21. The van der Waals surface area contributed by atoms with Gasteiger partial charge in [-0.2, -0.15) is 0 Å². The van der Waals surface area contributed by atoms with Gasteiger partial charge in [0.05, 0.1) is 5.69 Å². The van der Waals surface area contributed by atoms with E-state index in [1.165, 1.54) is 18.2 Å². The van der Waals surface area contributed by atoms with Gasteiger partial charge in [0.15, 0.2) is 11.4 Å². The molecule has 7 nitrogen and oxygen atoms in total. The Morgan fingerprint density at radius 3 is 2.60 bits per heavy atom. The molecule has 4 rings (SSSR count). The molecule has 0 bridgehead atoms. The second-order valence-corrected chi connectivity index (χ2v) is 5.44. The zero-order chi connectivity index (χ0) is 17.6. The van der Waals surface area contributed by atoms with Crippen LogP contribution in [-0.4, -0.2) is 15.2 Å². The topological polar surface area (TPSA) is 113 Å². The van der Waals surface area contributed by atoms with Gasteiger partial charge >= 0.3 is 0 Å². The van der Waals surface area contributed by atoms with Gasteiger partial charge in [-0.05, 0) is 29.4 Å². The van der Waals surface area contributed by atoms with Crippen LogP contribution in [-0.2, 0) is 0 Å². The minimum atomic E-state index is -0.588. The first-order valence-electron chi connectivity index (χ1n) is 7.30. The highest BCUT2D eigenvalue weighted by atomic mass is 16.3. The number of aromatic hydroxyl groups is 2. The fraction of sp³-hybridized carbons (Fsp3) is 0. The molecule has 1 aromatic carbocycles. The second-order valence-electron chi connectivity index (χ2n) is 5.44. The molecule has 0 saturated carbocycles. The maximum atomic E-state index is 11.8. The van der Waals surface area contributed by atoms with Gasteiger partial charge in [-0.25, -0.2) is 0 Å². The predicted octanol–water partition coefficient (Wildman–Crippen LogP) is 3.77. The molecule has 0 spiro atoms. The molecule has 122 valence electrons. The highest BCUT2D eigenvalue weighted by molar-refractivity contribution is 6.02. The quantitative estimate of drug-likeness (QED) is 0.426. The summed E-state index contributed by atoms with van der Waals surface area (Å²) in [5, 5.41) is 23.0. The molecule has 0 saturated heterocycles. The molecular formula is C18H10N2O5. The van der Waals surface area contributed by atoms with Crippen molar-refractivity contribution in [2.45, 2.75) is 0 Å². The summed E-state index contributed by atoms with van der Waals surface area (Å²) in [6.07, 6.45) is 1.60. The van der Waals surface area contributed by atoms with E-state index >= 15 is 0 Å². The van der Waals surface area contributed by atoms with Gasteiger partial charge in [-0.15, -0.1) is 4.91 Å². The van der Waals surface area contributed by atoms with E-state index in [4.69, 9.17) is 4.42 Å². The Labute approximate surface area is 140 Å². The normalized spacial score (nSPS) is 11.0. The number of nitrogens with zero attached hydrogens (tertiary/aromatic N) is 2. The van der Waals surface area contributed by atoms with Crippen molar-refractivity contribution in [2.75, 3.05) is 0 Å². The molecule has 0 atom stereocenters. The molecule has 0 amide bonds. The maximum absolute atomic E-state index is 11.8. The lowest BCUT2D eigenvalue weighted by Gasteiger charge is -2.15. The second kappa shape index (κ2) is 5.41. The molecule has 0 unspecified atom stereocenters. The van der Waals surface area contributed by atoms with Gasteiger partial charge in [0, 0.05) is 34.8 Å². The van der Waals surface area contributed by atoms with Crippen molar-refractivity contribution in [3.8, 4) is 34.1 Å². The number of benzene rings is 2. The first kappa shape index (κ1) is 14.8. The van der Waals surface area contributed by atoms with Crippen molar-refractivity contribution >= 4 is 16.7 Å². The van der Waals surface area contributed by atoms with Crippen LogP contribution in [0, 0.1) is 4.91 Å². The monoisotopic (exact) mass is 334 g/mol. The van der Waals surface area contributed by atoms with Gasteiger partial charge in [0.2, 0.25) is 5.43 Å². The third kappa shape index (κ3) is 2.29. The summed E-state index contributed by atoms with van der Waals surface area (Å²) in [4.78, 5) is 26.9. The van der Waals surface area contributed by atoms with E-state index in [0.29, 0.717) is 22.2 Å². The molecule has 25 heavy (non-hydrogen) atoms. The van der Waals surface area contributed by atoms with Crippen molar-refractivity contribution in [1.29, 1.82) is 0 Å². The van der Waals surface area contributed by atoms with Crippen molar-refractivity contribution in [2.24, 2.45) is 5.18 Å². The van der Waals surface area contributed by atoms with Crippen LogP contribution >= 0.6 is 0 Å². The van der Waals surface area contributed by atoms with Crippen LogP contribution in [0.2, 0.25) is 0 Å². The maximum Gasteiger partial charge on any atom is 0.223 e. The summed E-state index contributed by atoms with van der Waals surface area (Å²) >= 11 is 0. The van der Waals surface area contributed by atoms with Crippen LogP contribution in [0.25, 0.3) is 33.6 Å². The number of hydrogen-bond donors (Lipinski definition) is 2. The summed E-state index contributed by atoms with van der Waals surface area (Å²) in [6, 6.07) is 10.4. The summed E-state index contributed by atoms with van der Waals surface area (Å²) < 4.78 is 5.69. The summed E-state index contributed by atoms with van der Waals surface area (Å²) in [5.74, 6) is -0.507. The van der Waals surface area contributed by atoms with Crippen molar-refractivity contribution in [3.63, 3.8) is 0 Å². The van der Waals surface area contributed by atoms with Crippen molar-refractivity contribution in [3.05, 3.63) is 63.8 Å². The van der Waals surface area contributed by atoms with E-state index in [0.717, 1.165) is 6.07 Å². The number of rotatable bonds is 2. The van der Waals surface area contributed by atoms with Crippen LogP contribution in [0.4, 0.5) is 5.69 Å². The third-order valence-electron chi connectivity index (χ3n) is 3.92. The molecule has 2 heterocycles. The lowest BCUT2D eigenvalue weighted by atomic mass is 9.96. The van der Waals surface area contributed by atoms with Gasteiger partial charge in [-0.3, -0.25) is 9.78 Å². The van der Waals surface area contributed by atoms with E-state index in [1.807, 2.05) is 0 Å². The minimum Gasteiger partial charge on any atom is -0.506 e. The summed E-state index contributed by atoms with van der Waals surface area (Å²) in [7, 11) is 0. The first-order chi connectivity index (χ1) is 12.1. The summed E-state index contributed by atoms with van der Waals surface area (Å²) in [5.41, 5.74) is 1.05. The Morgan fingerprint density at radius 2 is 1.88 bits per heavy atom. The molecular weight excluding hydrogens is 324 g/mol. The lowest BCUT2D eigenvalue weighted by Crippen LogP contribution is -2.01. The molecule has 1 aliphatic heterocycles. The molecule has 7 heteroatoms. The zero-order valence-electron chi connectivity index (χ0n) is 12.6. The van der Waals surface area contributed by atoms with E-state index < -0.39 is 11.2 Å². The Morgan fingerprint density at radius 1 is 1.04 bits per heavy atom. The van der Waals surface area contributed by atoms with Crippen LogP contribution in [0.15, 0.2) is 63.0 Å². The molecule has 1 aromatic heterocycles. The highest BCUT2D eigenvalue weighted by Crippen LogP contribution is 2.43. The number of fused-ring (bicyclic) bond motifs is 2. The van der Waals surface area contributed by atoms with Crippen LogP contribution < -0.4 is 5.43 Å². The van der Waals surface area contributed by atoms with Gasteiger partial charge in [0.1, 0.15) is 17.1 Å². The van der Waals surface area contributed by atoms with Crippen molar-refractivity contribution in [1.82, 2.24) is 4.98 Å². The molecule has 2 aliphatic rings. The predicted molar refractivity (Wildman–Crippen MR) is 91.1 cm³/mol.